The Morgan fingerprint density at radius 1 is 1.04 bits per heavy atom. The van der Waals surface area contributed by atoms with Crippen molar-refractivity contribution in [2.24, 2.45) is 4.99 Å². The standard InChI is InChI=1S/C19H26N4O.HI/c1-20-19(23-16-18-10-5-6-12-21-18)22-13-7-14-24-15-11-17-8-3-2-4-9-17;/h2-6,8-10,12H,7,11,13-16H2,1H3,(H2,20,22,23);1H. The Morgan fingerprint density at radius 2 is 1.84 bits per heavy atom. The maximum Gasteiger partial charge on any atom is 0.191 e. The van der Waals surface area contributed by atoms with E-state index in [0.29, 0.717) is 6.54 Å². The summed E-state index contributed by atoms with van der Waals surface area (Å²) in [4.78, 5) is 8.48. The number of halogens is 1. The molecule has 136 valence electrons. The van der Waals surface area contributed by atoms with Gasteiger partial charge in [0.2, 0.25) is 0 Å². The van der Waals surface area contributed by atoms with E-state index in [2.05, 4.69) is 44.9 Å². The summed E-state index contributed by atoms with van der Waals surface area (Å²) in [6.45, 7) is 3.00. The first-order chi connectivity index (χ1) is 11.9. The van der Waals surface area contributed by atoms with Crippen LogP contribution in [0.25, 0.3) is 0 Å². The molecule has 6 heteroatoms. The zero-order valence-electron chi connectivity index (χ0n) is 14.6. The summed E-state index contributed by atoms with van der Waals surface area (Å²) in [6, 6.07) is 16.3. The zero-order valence-corrected chi connectivity index (χ0v) is 17.0. The van der Waals surface area contributed by atoms with Gasteiger partial charge >= 0.3 is 0 Å². The number of pyridine rings is 1. The molecule has 0 unspecified atom stereocenters. The summed E-state index contributed by atoms with van der Waals surface area (Å²) >= 11 is 0. The summed E-state index contributed by atoms with van der Waals surface area (Å²) in [5.41, 5.74) is 2.31. The molecule has 25 heavy (non-hydrogen) atoms. The van der Waals surface area contributed by atoms with Crippen molar-refractivity contribution >= 4 is 29.9 Å². The Balaban J connectivity index is 0.00000312. The molecule has 2 rings (SSSR count). The minimum atomic E-state index is 0. The van der Waals surface area contributed by atoms with E-state index in [4.69, 9.17) is 4.74 Å². The van der Waals surface area contributed by atoms with E-state index in [-0.39, 0.29) is 24.0 Å². The van der Waals surface area contributed by atoms with E-state index < -0.39 is 0 Å². The molecule has 0 saturated heterocycles. The first-order valence-corrected chi connectivity index (χ1v) is 8.34. The first kappa shape index (κ1) is 21.4. The van der Waals surface area contributed by atoms with Crippen LogP contribution in [0.2, 0.25) is 0 Å². The van der Waals surface area contributed by atoms with Crippen molar-refractivity contribution in [3.63, 3.8) is 0 Å². The van der Waals surface area contributed by atoms with Crippen LogP contribution >= 0.6 is 24.0 Å². The number of rotatable bonds is 9. The second-order valence-electron chi connectivity index (χ2n) is 5.38. The number of hydrogen-bond donors (Lipinski definition) is 2. The number of aliphatic imine (C=N–C) groups is 1. The fraction of sp³-hybridized carbons (Fsp3) is 0.368. The van der Waals surface area contributed by atoms with E-state index in [1.807, 2.05) is 24.3 Å². The maximum atomic E-state index is 5.67. The molecule has 1 heterocycles. The molecule has 0 fully saturated rings. The number of nitrogens with one attached hydrogen (secondary N) is 2. The van der Waals surface area contributed by atoms with Crippen LogP contribution in [0, 0.1) is 0 Å². The number of guanidine groups is 1. The Bertz CT molecular complexity index is 593. The lowest BCUT2D eigenvalue weighted by atomic mass is 10.2. The van der Waals surface area contributed by atoms with Gasteiger partial charge in [-0.2, -0.15) is 0 Å². The molecular weight excluding hydrogens is 427 g/mol. The second-order valence-corrected chi connectivity index (χ2v) is 5.38. The largest absolute Gasteiger partial charge is 0.381 e. The van der Waals surface area contributed by atoms with Gasteiger partial charge in [0, 0.05) is 26.4 Å². The maximum absolute atomic E-state index is 5.67. The lowest BCUT2D eigenvalue weighted by Gasteiger charge is -2.11. The number of nitrogens with zero attached hydrogens (tertiary/aromatic N) is 2. The van der Waals surface area contributed by atoms with Crippen molar-refractivity contribution in [3.05, 3.63) is 66.0 Å². The molecule has 0 spiro atoms. The summed E-state index contributed by atoms with van der Waals surface area (Å²) in [6.07, 6.45) is 3.70. The number of aromatic nitrogens is 1. The number of hydrogen-bond acceptors (Lipinski definition) is 3. The predicted octanol–water partition coefficient (Wildman–Crippen LogP) is 3.01. The van der Waals surface area contributed by atoms with Crippen LogP contribution in [0.15, 0.2) is 59.7 Å². The van der Waals surface area contributed by atoms with Crippen LogP contribution in [-0.2, 0) is 17.7 Å². The fourth-order valence-corrected chi connectivity index (χ4v) is 2.22. The lowest BCUT2D eigenvalue weighted by Crippen LogP contribution is -2.37. The summed E-state index contributed by atoms with van der Waals surface area (Å²) < 4.78 is 5.67. The predicted molar refractivity (Wildman–Crippen MR) is 113 cm³/mol. The minimum absolute atomic E-state index is 0. The first-order valence-electron chi connectivity index (χ1n) is 8.34. The van der Waals surface area contributed by atoms with Crippen molar-refractivity contribution in [2.45, 2.75) is 19.4 Å². The van der Waals surface area contributed by atoms with Crippen molar-refractivity contribution < 1.29 is 4.74 Å². The van der Waals surface area contributed by atoms with E-state index in [0.717, 1.165) is 44.3 Å². The molecule has 0 saturated carbocycles. The van der Waals surface area contributed by atoms with Crippen molar-refractivity contribution in [1.29, 1.82) is 0 Å². The van der Waals surface area contributed by atoms with E-state index in [9.17, 15) is 0 Å². The van der Waals surface area contributed by atoms with Crippen LogP contribution in [-0.4, -0.2) is 37.7 Å². The van der Waals surface area contributed by atoms with Gasteiger partial charge in [-0.1, -0.05) is 36.4 Å². The third-order valence-corrected chi connectivity index (χ3v) is 3.52. The van der Waals surface area contributed by atoms with Crippen LogP contribution in [0.3, 0.4) is 0 Å². The van der Waals surface area contributed by atoms with Crippen molar-refractivity contribution in [2.75, 3.05) is 26.8 Å². The molecule has 0 amide bonds. The Labute approximate surface area is 167 Å². The molecule has 1 aromatic heterocycles. The molecule has 0 radical (unpaired) electrons. The SMILES string of the molecule is CN=C(NCCCOCCc1ccccc1)NCc1ccccn1.I. The molecule has 0 aliphatic heterocycles. The topological polar surface area (TPSA) is 58.5 Å². The highest BCUT2D eigenvalue weighted by Gasteiger charge is 1.98. The highest BCUT2D eigenvalue weighted by molar-refractivity contribution is 14.0. The van der Waals surface area contributed by atoms with E-state index in [1.54, 1.807) is 13.2 Å². The van der Waals surface area contributed by atoms with Crippen LogP contribution < -0.4 is 10.6 Å². The molecule has 1 aromatic carbocycles. The average Bonchev–Trinajstić information content (AvgIpc) is 2.65. The van der Waals surface area contributed by atoms with Crippen LogP contribution in [0.4, 0.5) is 0 Å². The highest BCUT2D eigenvalue weighted by atomic mass is 127. The smallest absolute Gasteiger partial charge is 0.191 e. The monoisotopic (exact) mass is 454 g/mol. The summed E-state index contributed by atoms with van der Waals surface area (Å²) in [5, 5.41) is 6.52. The molecule has 5 nitrogen and oxygen atoms in total. The lowest BCUT2D eigenvalue weighted by molar-refractivity contribution is 0.135. The normalized spacial score (nSPS) is 10.8. The third kappa shape index (κ3) is 9.40. The Kier molecular flexibility index (Phi) is 11.6. The van der Waals surface area contributed by atoms with Gasteiger partial charge in [0.25, 0.3) is 0 Å². The van der Waals surface area contributed by atoms with Gasteiger partial charge in [-0.15, -0.1) is 24.0 Å². The zero-order chi connectivity index (χ0) is 16.9. The van der Waals surface area contributed by atoms with Gasteiger partial charge in [0.15, 0.2) is 5.96 Å². The third-order valence-electron chi connectivity index (χ3n) is 3.52. The fourth-order valence-electron chi connectivity index (χ4n) is 2.22. The van der Waals surface area contributed by atoms with Crippen molar-refractivity contribution in [1.82, 2.24) is 15.6 Å². The molecule has 0 aliphatic rings. The van der Waals surface area contributed by atoms with E-state index in [1.165, 1.54) is 5.56 Å². The van der Waals surface area contributed by atoms with Gasteiger partial charge in [-0.25, -0.2) is 0 Å². The number of ether oxygens (including phenoxy) is 1. The Hall–Kier alpha value is -1.67. The molecule has 0 aliphatic carbocycles. The summed E-state index contributed by atoms with van der Waals surface area (Å²) in [5.74, 6) is 0.782. The molecule has 0 bridgehead atoms. The quantitative estimate of drug-likeness (QED) is 0.265. The van der Waals surface area contributed by atoms with Gasteiger partial charge in [-0.05, 0) is 30.5 Å². The average molecular weight is 454 g/mol. The van der Waals surface area contributed by atoms with Crippen LogP contribution in [0.5, 0.6) is 0 Å². The van der Waals surface area contributed by atoms with Gasteiger partial charge in [0.05, 0.1) is 18.8 Å². The van der Waals surface area contributed by atoms with Crippen LogP contribution in [0.1, 0.15) is 17.7 Å². The molecular formula is C19H27IN4O. The second kappa shape index (κ2) is 13.6. The van der Waals surface area contributed by atoms with Gasteiger partial charge in [0.1, 0.15) is 0 Å². The Morgan fingerprint density at radius 3 is 2.56 bits per heavy atom. The summed E-state index contributed by atoms with van der Waals surface area (Å²) in [7, 11) is 1.77. The van der Waals surface area contributed by atoms with Gasteiger partial charge in [-0.3, -0.25) is 9.98 Å². The van der Waals surface area contributed by atoms with Crippen molar-refractivity contribution in [3.8, 4) is 0 Å². The van der Waals surface area contributed by atoms with E-state index >= 15 is 0 Å². The number of benzene rings is 1. The molecule has 0 atom stereocenters. The van der Waals surface area contributed by atoms with Gasteiger partial charge < -0.3 is 15.4 Å². The molecule has 2 aromatic rings. The molecule has 2 N–H and O–H groups in total. The highest BCUT2D eigenvalue weighted by Crippen LogP contribution is 1.99. The minimum Gasteiger partial charge on any atom is -0.381 e.